The second-order valence-electron chi connectivity index (χ2n) is 11.3. The summed E-state index contributed by atoms with van der Waals surface area (Å²) in [6.45, 7) is 39.0. The SMILES string of the molecule is C=C(C=C(C)C(=C)C=C(C)C(C)=C(C)C(C)=C(C)C(C)=C(C)C(C)=CC)B1NC(C)(C)C(C)(C)O1. The van der Waals surface area contributed by atoms with E-state index in [0.717, 1.165) is 16.6 Å². The molecular formula is C32H50BNO. The van der Waals surface area contributed by atoms with Gasteiger partial charge in [0.15, 0.2) is 0 Å². The van der Waals surface area contributed by atoms with Crippen molar-refractivity contribution in [3.63, 3.8) is 0 Å². The summed E-state index contributed by atoms with van der Waals surface area (Å²) >= 11 is 0. The van der Waals surface area contributed by atoms with E-state index in [1.165, 1.54) is 44.6 Å². The molecule has 35 heavy (non-hydrogen) atoms. The predicted molar refractivity (Wildman–Crippen MR) is 158 cm³/mol. The van der Waals surface area contributed by atoms with E-state index >= 15 is 0 Å². The Hall–Kier alpha value is -2.10. The molecule has 1 aliphatic heterocycles. The van der Waals surface area contributed by atoms with Gasteiger partial charge >= 0.3 is 7.05 Å². The van der Waals surface area contributed by atoms with E-state index in [9.17, 15) is 0 Å². The van der Waals surface area contributed by atoms with E-state index in [0.29, 0.717) is 0 Å². The van der Waals surface area contributed by atoms with Crippen LogP contribution in [0.3, 0.4) is 0 Å². The molecule has 0 amide bonds. The fourth-order valence-electron chi connectivity index (χ4n) is 4.00. The monoisotopic (exact) mass is 475 g/mol. The van der Waals surface area contributed by atoms with Gasteiger partial charge in [-0.2, -0.15) is 0 Å². The number of rotatable bonds is 8. The Kier molecular flexibility index (Phi) is 10.4. The lowest BCUT2D eigenvalue weighted by Gasteiger charge is -2.33. The smallest absolute Gasteiger partial charge is 0.411 e. The van der Waals surface area contributed by atoms with Crippen LogP contribution in [0.2, 0.25) is 0 Å². The largest absolute Gasteiger partial charge is 0.416 e. The van der Waals surface area contributed by atoms with Gasteiger partial charge in [0.2, 0.25) is 0 Å². The van der Waals surface area contributed by atoms with Crippen LogP contribution in [0.15, 0.2) is 92.6 Å². The molecule has 0 radical (unpaired) electrons. The maximum absolute atomic E-state index is 6.24. The van der Waals surface area contributed by atoms with Crippen LogP contribution in [0.5, 0.6) is 0 Å². The van der Waals surface area contributed by atoms with Crippen LogP contribution in [0.1, 0.15) is 96.9 Å². The van der Waals surface area contributed by atoms with Crippen molar-refractivity contribution < 1.29 is 4.65 Å². The van der Waals surface area contributed by atoms with Gasteiger partial charge in [-0.3, -0.25) is 0 Å². The molecule has 3 heteroatoms. The summed E-state index contributed by atoms with van der Waals surface area (Å²) in [5, 5.41) is 3.56. The second-order valence-corrected chi connectivity index (χ2v) is 11.3. The third kappa shape index (κ3) is 7.21. The fourth-order valence-corrected chi connectivity index (χ4v) is 4.00. The van der Waals surface area contributed by atoms with Gasteiger partial charge in [-0.1, -0.05) is 30.4 Å². The normalized spacial score (nSPS) is 20.9. The van der Waals surface area contributed by atoms with E-state index in [-0.39, 0.29) is 18.2 Å². The molecule has 0 atom stereocenters. The van der Waals surface area contributed by atoms with Crippen LogP contribution in [0.4, 0.5) is 0 Å². The molecule has 0 aromatic rings. The van der Waals surface area contributed by atoms with Gasteiger partial charge in [0, 0.05) is 5.54 Å². The van der Waals surface area contributed by atoms with Crippen LogP contribution in [-0.2, 0) is 4.65 Å². The maximum Gasteiger partial charge on any atom is 0.416 e. The molecule has 0 spiro atoms. The van der Waals surface area contributed by atoms with Crippen molar-refractivity contribution in [2.24, 2.45) is 0 Å². The summed E-state index contributed by atoms with van der Waals surface area (Å²) in [5.41, 5.74) is 13.1. The first-order valence-electron chi connectivity index (χ1n) is 12.7. The summed E-state index contributed by atoms with van der Waals surface area (Å²) in [6, 6.07) is 0. The summed E-state index contributed by atoms with van der Waals surface area (Å²) in [7, 11) is -0.196. The van der Waals surface area contributed by atoms with Crippen LogP contribution in [-0.4, -0.2) is 18.2 Å². The topological polar surface area (TPSA) is 21.3 Å². The summed E-state index contributed by atoms with van der Waals surface area (Å²) in [5.74, 6) is 0. The summed E-state index contributed by atoms with van der Waals surface area (Å²) in [6.07, 6.45) is 6.44. The Bertz CT molecular complexity index is 1050. The van der Waals surface area contributed by atoms with Crippen LogP contribution in [0.25, 0.3) is 0 Å². The van der Waals surface area contributed by atoms with Crippen molar-refractivity contribution in [2.45, 2.75) is 108 Å². The minimum atomic E-state index is -0.267. The summed E-state index contributed by atoms with van der Waals surface area (Å²) in [4.78, 5) is 0. The average molecular weight is 476 g/mol. The Morgan fingerprint density at radius 1 is 0.657 bits per heavy atom. The number of hydrogen-bond donors (Lipinski definition) is 1. The Morgan fingerprint density at radius 3 is 1.49 bits per heavy atom. The molecule has 0 unspecified atom stereocenters. The highest BCUT2D eigenvalue weighted by molar-refractivity contribution is 6.59. The number of hydrogen-bond acceptors (Lipinski definition) is 2. The second kappa shape index (κ2) is 11.8. The maximum atomic E-state index is 6.24. The Morgan fingerprint density at radius 2 is 1.09 bits per heavy atom. The van der Waals surface area contributed by atoms with Gasteiger partial charge < -0.3 is 9.88 Å². The zero-order chi connectivity index (χ0) is 27.5. The molecular weight excluding hydrogens is 425 g/mol. The van der Waals surface area contributed by atoms with Gasteiger partial charge in [0.25, 0.3) is 0 Å². The zero-order valence-corrected chi connectivity index (χ0v) is 25.1. The Labute approximate surface area is 217 Å². The predicted octanol–water partition coefficient (Wildman–Crippen LogP) is 9.17. The molecule has 0 aromatic carbocycles. The third-order valence-electron chi connectivity index (χ3n) is 8.47. The van der Waals surface area contributed by atoms with E-state index < -0.39 is 0 Å². The number of nitrogens with one attached hydrogen (secondary N) is 1. The quantitative estimate of drug-likeness (QED) is 0.279. The standard InChI is InChI=1S/C32H50BNO/c1-17-20(2)25(7)27(9)29(11)30(12)28(10)26(8)23(5)18-21(3)22(4)19-24(6)33-34-31(13,14)32(15,16)35-33/h17-19,34H,3,6H2,1-2,4-5,7-16H3. The molecule has 0 saturated carbocycles. The molecule has 0 bridgehead atoms. The molecule has 1 saturated heterocycles. The average Bonchev–Trinajstić information content (AvgIpc) is 3.01. The zero-order valence-electron chi connectivity index (χ0n) is 25.1. The molecule has 192 valence electrons. The molecule has 2 nitrogen and oxygen atoms in total. The first-order chi connectivity index (χ1) is 15.9. The van der Waals surface area contributed by atoms with Crippen LogP contribution in [0, 0.1) is 0 Å². The van der Waals surface area contributed by atoms with Gasteiger partial charge in [0.1, 0.15) is 0 Å². The van der Waals surface area contributed by atoms with E-state index in [1.54, 1.807) is 0 Å². The first-order valence-corrected chi connectivity index (χ1v) is 12.7. The third-order valence-corrected chi connectivity index (χ3v) is 8.47. The molecule has 1 aliphatic rings. The van der Waals surface area contributed by atoms with E-state index in [1.807, 2.05) is 0 Å². The van der Waals surface area contributed by atoms with Crippen LogP contribution < -0.4 is 5.23 Å². The van der Waals surface area contributed by atoms with Gasteiger partial charge in [0.05, 0.1) is 5.60 Å². The lowest BCUT2D eigenvalue weighted by Crippen LogP contribution is -2.49. The van der Waals surface area contributed by atoms with Crippen molar-refractivity contribution in [3.05, 3.63) is 92.6 Å². The molecule has 0 aliphatic carbocycles. The summed E-state index contributed by atoms with van der Waals surface area (Å²) < 4.78 is 6.24. The number of allylic oxidation sites excluding steroid dienone is 14. The minimum absolute atomic E-state index is 0.129. The van der Waals surface area contributed by atoms with Crippen molar-refractivity contribution in [1.82, 2.24) is 5.23 Å². The van der Waals surface area contributed by atoms with Crippen molar-refractivity contribution in [3.8, 4) is 0 Å². The fraction of sp³-hybridized carbons (Fsp3) is 0.500. The molecule has 0 aromatic heterocycles. The van der Waals surface area contributed by atoms with Gasteiger partial charge in [-0.15, -0.1) is 6.58 Å². The first kappa shape index (κ1) is 30.9. The highest BCUT2D eigenvalue weighted by Crippen LogP contribution is 2.34. The van der Waals surface area contributed by atoms with Crippen molar-refractivity contribution in [2.75, 3.05) is 0 Å². The van der Waals surface area contributed by atoms with E-state index in [4.69, 9.17) is 4.65 Å². The lowest BCUT2D eigenvalue weighted by atomic mass is 9.72. The van der Waals surface area contributed by atoms with E-state index in [2.05, 4.69) is 134 Å². The minimum Gasteiger partial charge on any atom is -0.411 e. The molecule has 1 fully saturated rings. The van der Waals surface area contributed by atoms with Gasteiger partial charge in [-0.05, 0) is 153 Å². The Balaban J connectivity index is 3.19. The highest BCUT2D eigenvalue weighted by atomic mass is 16.5. The molecule has 1 heterocycles. The van der Waals surface area contributed by atoms with Crippen molar-refractivity contribution >= 4 is 7.05 Å². The lowest BCUT2D eigenvalue weighted by molar-refractivity contribution is 0.0746. The van der Waals surface area contributed by atoms with Gasteiger partial charge in [-0.25, -0.2) is 0 Å². The van der Waals surface area contributed by atoms with Crippen molar-refractivity contribution in [1.29, 1.82) is 0 Å². The molecule has 1 N–H and O–H groups in total. The molecule has 1 rings (SSSR count). The highest BCUT2D eigenvalue weighted by Gasteiger charge is 2.49. The van der Waals surface area contributed by atoms with Crippen LogP contribution >= 0.6 is 0 Å².